The number of aromatic hydroxyl groups is 1. The Hall–Kier alpha value is -3.73. The second-order valence-electron chi connectivity index (χ2n) is 6.17. The molecule has 0 aliphatic carbocycles. The van der Waals surface area contributed by atoms with Gasteiger partial charge in [-0.2, -0.15) is 4.98 Å². The van der Waals surface area contributed by atoms with Gasteiger partial charge < -0.3 is 19.6 Å². The number of methoxy groups -OCH3 is 1. The Morgan fingerprint density at radius 2 is 2.10 bits per heavy atom. The number of halogens is 2. The predicted molar refractivity (Wildman–Crippen MR) is 114 cm³/mol. The maximum absolute atomic E-state index is 13.3. The van der Waals surface area contributed by atoms with E-state index in [9.17, 15) is 24.4 Å². The monoisotopic (exact) mass is 491 g/mol. The maximum Gasteiger partial charge on any atom is 0.395 e. The van der Waals surface area contributed by atoms with Gasteiger partial charge in [-0.1, -0.05) is 18.2 Å². The van der Waals surface area contributed by atoms with Crippen molar-refractivity contribution in [1.29, 1.82) is 0 Å². The van der Waals surface area contributed by atoms with Gasteiger partial charge in [0, 0.05) is 0 Å². The molecule has 0 atom stereocenters. The lowest BCUT2D eigenvalue weighted by Crippen LogP contribution is -2.14. The van der Waals surface area contributed by atoms with Gasteiger partial charge in [0.15, 0.2) is 11.5 Å². The minimum atomic E-state index is -1.07. The first-order chi connectivity index (χ1) is 14.8. The molecule has 0 bridgehead atoms. The summed E-state index contributed by atoms with van der Waals surface area (Å²) in [6, 6.07) is 9.37. The highest BCUT2D eigenvalue weighted by Gasteiger charge is 2.21. The number of aromatic amines is 1. The highest BCUT2D eigenvalue weighted by atomic mass is 79.9. The van der Waals surface area contributed by atoms with Crippen molar-refractivity contribution < 1.29 is 23.9 Å². The number of rotatable bonds is 7. The Kier molecular flexibility index (Phi) is 6.65. The first-order valence-electron chi connectivity index (χ1n) is 8.69. The number of hydrogen-bond acceptors (Lipinski definition) is 7. The van der Waals surface area contributed by atoms with Crippen LogP contribution in [0.3, 0.4) is 0 Å². The van der Waals surface area contributed by atoms with Crippen LogP contribution in [-0.2, 0) is 6.61 Å². The smallest absolute Gasteiger partial charge is 0.395 e. The molecule has 0 spiro atoms. The van der Waals surface area contributed by atoms with E-state index in [-0.39, 0.29) is 18.2 Å². The molecule has 0 saturated carbocycles. The highest BCUT2D eigenvalue weighted by Crippen LogP contribution is 2.37. The number of ether oxygens (including phenoxy) is 2. The summed E-state index contributed by atoms with van der Waals surface area (Å²) in [5.74, 6) is -0.624. The molecular formula is C20H15BrFN3O6. The molecule has 0 radical (unpaired) electrons. The van der Waals surface area contributed by atoms with Crippen molar-refractivity contribution in [3.63, 3.8) is 0 Å². The summed E-state index contributed by atoms with van der Waals surface area (Å²) in [7, 11) is 1.46. The van der Waals surface area contributed by atoms with Gasteiger partial charge in [0.2, 0.25) is 0 Å². The van der Waals surface area contributed by atoms with Gasteiger partial charge in [-0.3, -0.25) is 14.9 Å². The second-order valence-corrected chi connectivity index (χ2v) is 7.02. The zero-order valence-electron chi connectivity index (χ0n) is 16.0. The molecule has 0 amide bonds. The third-order valence-corrected chi connectivity index (χ3v) is 4.62. The molecule has 3 aromatic rings. The minimum Gasteiger partial charge on any atom is -0.493 e. The van der Waals surface area contributed by atoms with Crippen molar-refractivity contribution in [3.05, 3.63) is 84.1 Å². The number of H-pyrrole nitrogens is 1. The summed E-state index contributed by atoms with van der Waals surface area (Å²) in [5.41, 5.74) is -0.841. The number of benzene rings is 2. The quantitative estimate of drug-likeness (QED) is 0.376. The SMILES string of the molecule is COc1cc(/C=C\c2nc(O)c([N+](=O)[O-])c(=O)[nH]2)cc(Br)c1OCc1cccc(F)c1. The number of nitrogens with zero attached hydrogens (tertiary/aromatic N) is 2. The molecule has 0 aliphatic rings. The summed E-state index contributed by atoms with van der Waals surface area (Å²) in [6.07, 6.45) is 2.91. The lowest BCUT2D eigenvalue weighted by molar-refractivity contribution is -0.387. The van der Waals surface area contributed by atoms with Crippen molar-refractivity contribution in [2.24, 2.45) is 0 Å². The predicted octanol–water partition coefficient (Wildman–Crippen LogP) is 4.04. The van der Waals surface area contributed by atoms with Gasteiger partial charge in [0.25, 0.3) is 5.88 Å². The molecule has 0 fully saturated rings. The fourth-order valence-corrected chi connectivity index (χ4v) is 3.22. The van der Waals surface area contributed by atoms with Crippen molar-refractivity contribution in [1.82, 2.24) is 9.97 Å². The fraction of sp³-hybridized carbons (Fsp3) is 0.100. The van der Waals surface area contributed by atoms with Crippen molar-refractivity contribution >= 4 is 33.8 Å². The summed E-state index contributed by atoms with van der Waals surface area (Å²) < 4.78 is 25.0. The van der Waals surface area contributed by atoms with E-state index >= 15 is 0 Å². The molecule has 0 saturated heterocycles. The highest BCUT2D eigenvalue weighted by molar-refractivity contribution is 9.10. The molecule has 2 aromatic carbocycles. The van der Waals surface area contributed by atoms with E-state index in [1.165, 1.54) is 25.3 Å². The molecule has 2 N–H and O–H groups in total. The van der Waals surface area contributed by atoms with Crippen molar-refractivity contribution in [3.8, 4) is 17.4 Å². The first kappa shape index (κ1) is 22.0. The van der Waals surface area contributed by atoms with Crippen LogP contribution in [0.5, 0.6) is 17.4 Å². The van der Waals surface area contributed by atoms with Gasteiger partial charge in [0.1, 0.15) is 18.2 Å². The van der Waals surface area contributed by atoms with Crippen LogP contribution in [0.4, 0.5) is 10.1 Å². The largest absolute Gasteiger partial charge is 0.493 e. The topological polar surface area (TPSA) is 128 Å². The third kappa shape index (κ3) is 5.25. The fourth-order valence-electron chi connectivity index (χ4n) is 2.65. The average Bonchev–Trinajstić information content (AvgIpc) is 2.70. The molecule has 160 valence electrons. The standard InChI is InChI=1S/C20H15BrFN3O6/c1-30-15-9-11(5-6-16-23-19(26)17(25(28)29)20(27)24-16)8-14(21)18(15)31-10-12-3-2-4-13(22)7-12/h2-9H,10H2,1H3,(H2,23,24,26,27)/b6-5-. The molecule has 0 unspecified atom stereocenters. The van der Waals surface area contributed by atoms with Crippen LogP contribution in [-0.4, -0.2) is 27.1 Å². The van der Waals surface area contributed by atoms with Crippen LogP contribution in [0, 0.1) is 15.9 Å². The van der Waals surface area contributed by atoms with Gasteiger partial charge in [-0.15, -0.1) is 0 Å². The van der Waals surface area contributed by atoms with Gasteiger partial charge in [-0.25, -0.2) is 4.39 Å². The van der Waals surface area contributed by atoms with Crippen LogP contribution in [0.25, 0.3) is 12.2 Å². The first-order valence-corrected chi connectivity index (χ1v) is 9.48. The molecule has 11 heteroatoms. The van der Waals surface area contributed by atoms with Gasteiger partial charge >= 0.3 is 11.2 Å². The number of hydrogen-bond donors (Lipinski definition) is 2. The molecule has 1 aromatic heterocycles. The van der Waals surface area contributed by atoms with Crippen LogP contribution in [0.15, 0.2) is 45.7 Å². The normalized spacial score (nSPS) is 10.9. The Labute approximate surface area is 183 Å². The Morgan fingerprint density at radius 1 is 1.32 bits per heavy atom. The van der Waals surface area contributed by atoms with E-state index < -0.39 is 22.0 Å². The van der Waals surface area contributed by atoms with E-state index in [1.54, 1.807) is 30.3 Å². The average molecular weight is 492 g/mol. The van der Waals surface area contributed by atoms with Gasteiger partial charge in [-0.05, 0) is 57.4 Å². The van der Waals surface area contributed by atoms with Crippen molar-refractivity contribution in [2.45, 2.75) is 6.61 Å². The molecule has 3 rings (SSSR count). The molecular weight excluding hydrogens is 477 g/mol. The van der Waals surface area contributed by atoms with E-state index in [4.69, 9.17) is 9.47 Å². The van der Waals surface area contributed by atoms with E-state index in [1.807, 2.05) is 0 Å². The van der Waals surface area contributed by atoms with Crippen LogP contribution in [0.2, 0.25) is 0 Å². The number of aromatic nitrogens is 2. The Morgan fingerprint density at radius 3 is 2.74 bits per heavy atom. The summed E-state index contributed by atoms with van der Waals surface area (Å²) >= 11 is 3.40. The summed E-state index contributed by atoms with van der Waals surface area (Å²) in [4.78, 5) is 27.3. The lowest BCUT2D eigenvalue weighted by atomic mass is 10.2. The lowest BCUT2D eigenvalue weighted by Gasteiger charge is -2.13. The maximum atomic E-state index is 13.3. The van der Waals surface area contributed by atoms with E-state index in [0.29, 0.717) is 27.1 Å². The van der Waals surface area contributed by atoms with Gasteiger partial charge in [0.05, 0.1) is 16.5 Å². The van der Waals surface area contributed by atoms with Crippen LogP contribution in [0.1, 0.15) is 17.0 Å². The van der Waals surface area contributed by atoms with Crippen LogP contribution >= 0.6 is 15.9 Å². The zero-order chi connectivity index (χ0) is 22.5. The number of nitro groups is 1. The van der Waals surface area contributed by atoms with Crippen molar-refractivity contribution in [2.75, 3.05) is 7.11 Å². The molecule has 1 heterocycles. The third-order valence-electron chi connectivity index (χ3n) is 4.04. The molecule has 0 aliphatic heterocycles. The molecule has 31 heavy (non-hydrogen) atoms. The summed E-state index contributed by atoms with van der Waals surface area (Å²) in [5, 5.41) is 20.4. The van der Waals surface area contributed by atoms with Crippen LogP contribution < -0.4 is 15.0 Å². The summed E-state index contributed by atoms with van der Waals surface area (Å²) in [6.45, 7) is 0.120. The molecule has 9 nitrogen and oxygen atoms in total. The Balaban J connectivity index is 1.84. The van der Waals surface area contributed by atoms with E-state index in [0.717, 1.165) is 0 Å². The minimum absolute atomic E-state index is 0.0744. The Bertz CT molecular complexity index is 1230. The second kappa shape index (κ2) is 9.39. The number of nitrogens with one attached hydrogen (secondary N) is 1. The zero-order valence-corrected chi connectivity index (χ0v) is 17.6. The van der Waals surface area contributed by atoms with E-state index in [2.05, 4.69) is 25.9 Å².